The van der Waals surface area contributed by atoms with E-state index in [9.17, 15) is 5.11 Å². The number of hydrogen-bond donors (Lipinski definition) is 1. The summed E-state index contributed by atoms with van der Waals surface area (Å²) >= 11 is 3.41. The first-order valence-electron chi connectivity index (χ1n) is 6.19. The van der Waals surface area contributed by atoms with Crippen molar-refractivity contribution in [3.63, 3.8) is 0 Å². The van der Waals surface area contributed by atoms with Crippen LogP contribution in [0.1, 0.15) is 12.0 Å². The minimum atomic E-state index is -0.471. The van der Waals surface area contributed by atoms with Gasteiger partial charge in [-0.05, 0) is 18.1 Å². The number of ether oxygens (including phenoxy) is 1. The van der Waals surface area contributed by atoms with Crippen LogP contribution < -0.4 is 0 Å². The molecule has 19 heavy (non-hydrogen) atoms. The van der Waals surface area contributed by atoms with Crippen LogP contribution in [0.5, 0.6) is 0 Å². The zero-order valence-electron chi connectivity index (χ0n) is 11.5. The van der Waals surface area contributed by atoms with Gasteiger partial charge in [0.15, 0.2) is 0 Å². The second-order valence-electron chi connectivity index (χ2n) is 4.28. The second-order valence-corrected chi connectivity index (χ2v) is 6.81. The molecule has 0 fully saturated rings. The van der Waals surface area contributed by atoms with E-state index in [2.05, 4.69) is 6.58 Å². The minimum Gasteiger partial charge on any atom is -0.391 e. The SMILES string of the molecule is C=CC(C[C@H](O)COCc1ccccc1)(SC)SC. The van der Waals surface area contributed by atoms with Crippen LogP contribution in [-0.4, -0.2) is 34.4 Å². The van der Waals surface area contributed by atoms with Gasteiger partial charge in [-0.2, -0.15) is 0 Å². The first kappa shape index (κ1) is 16.6. The van der Waals surface area contributed by atoms with Crippen LogP contribution in [0.15, 0.2) is 43.0 Å². The monoisotopic (exact) mass is 298 g/mol. The lowest BCUT2D eigenvalue weighted by Gasteiger charge is -2.28. The number of thioether (sulfide) groups is 2. The van der Waals surface area contributed by atoms with Crippen LogP contribution in [-0.2, 0) is 11.3 Å². The molecule has 1 N–H and O–H groups in total. The predicted molar refractivity (Wildman–Crippen MR) is 86.7 cm³/mol. The second kappa shape index (κ2) is 8.69. The lowest BCUT2D eigenvalue weighted by atomic mass is 10.2. The molecular weight excluding hydrogens is 276 g/mol. The smallest absolute Gasteiger partial charge is 0.0808 e. The van der Waals surface area contributed by atoms with Crippen LogP contribution in [0.4, 0.5) is 0 Å². The normalized spacial score (nSPS) is 13.2. The van der Waals surface area contributed by atoms with E-state index < -0.39 is 6.10 Å². The van der Waals surface area contributed by atoms with Crippen LogP contribution in [0.25, 0.3) is 0 Å². The van der Waals surface area contributed by atoms with Crippen molar-refractivity contribution in [2.75, 3.05) is 19.1 Å². The van der Waals surface area contributed by atoms with Gasteiger partial charge < -0.3 is 9.84 Å². The summed E-state index contributed by atoms with van der Waals surface area (Å²) in [6, 6.07) is 9.99. The Hall–Kier alpha value is -0.420. The quantitative estimate of drug-likeness (QED) is 0.557. The molecular formula is C15H22O2S2. The Kier molecular flexibility index (Phi) is 7.61. The van der Waals surface area contributed by atoms with E-state index in [-0.39, 0.29) is 4.08 Å². The zero-order valence-corrected chi connectivity index (χ0v) is 13.2. The molecule has 2 nitrogen and oxygen atoms in total. The number of benzene rings is 1. The van der Waals surface area contributed by atoms with Crippen molar-refractivity contribution in [3.05, 3.63) is 48.6 Å². The van der Waals surface area contributed by atoms with Crippen LogP contribution in [0.2, 0.25) is 0 Å². The molecule has 106 valence electrons. The van der Waals surface area contributed by atoms with Crippen molar-refractivity contribution in [2.45, 2.75) is 23.2 Å². The van der Waals surface area contributed by atoms with E-state index in [1.165, 1.54) is 0 Å². The summed E-state index contributed by atoms with van der Waals surface area (Å²) in [6.45, 7) is 4.75. The molecule has 1 aromatic rings. The van der Waals surface area contributed by atoms with Crippen molar-refractivity contribution < 1.29 is 9.84 Å². The van der Waals surface area contributed by atoms with Crippen LogP contribution in [0, 0.1) is 0 Å². The van der Waals surface area contributed by atoms with E-state index in [1.54, 1.807) is 23.5 Å². The zero-order chi connectivity index (χ0) is 14.1. The summed E-state index contributed by atoms with van der Waals surface area (Å²) < 4.78 is 5.43. The highest BCUT2D eigenvalue weighted by molar-refractivity contribution is 8.17. The van der Waals surface area contributed by atoms with Gasteiger partial charge in [-0.15, -0.1) is 30.1 Å². The number of rotatable bonds is 9. The van der Waals surface area contributed by atoms with Gasteiger partial charge in [0.1, 0.15) is 0 Å². The third kappa shape index (κ3) is 5.61. The standard InChI is InChI=1S/C15H22O2S2/c1-4-15(18-2,19-3)10-14(16)12-17-11-13-8-6-5-7-9-13/h4-9,14,16H,1,10-12H2,2-3H3/t14-/m0/s1. The van der Waals surface area contributed by atoms with Gasteiger partial charge in [0, 0.05) is 6.42 Å². The summed E-state index contributed by atoms with van der Waals surface area (Å²) in [7, 11) is 0. The summed E-state index contributed by atoms with van der Waals surface area (Å²) in [5, 5.41) is 10.1. The fourth-order valence-corrected chi connectivity index (χ4v) is 3.49. The van der Waals surface area contributed by atoms with E-state index in [4.69, 9.17) is 4.74 Å². The summed E-state index contributed by atoms with van der Waals surface area (Å²) in [5.74, 6) is 0. The molecule has 1 atom stereocenters. The molecule has 0 spiro atoms. The molecule has 0 aliphatic carbocycles. The summed E-state index contributed by atoms with van der Waals surface area (Å²) in [5.41, 5.74) is 1.12. The molecule has 0 saturated carbocycles. The Morgan fingerprint density at radius 1 is 1.32 bits per heavy atom. The highest BCUT2D eigenvalue weighted by atomic mass is 32.2. The van der Waals surface area contributed by atoms with Crippen molar-refractivity contribution in [3.8, 4) is 0 Å². The molecule has 0 aliphatic rings. The molecule has 0 radical (unpaired) electrons. The van der Waals surface area contributed by atoms with E-state index >= 15 is 0 Å². The van der Waals surface area contributed by atoms with E-state index in [0.717, 1.165) is 5.56 Å². The third-order valence-electron chi connectivity index (χ3n) is 2.94. The Morgan fingerprint density at radius 2 is 1.95 bits per heavy atom. The molecule has 0 aromatic heterocycles. The average Bonchev–Trinajstić information content (AvgIpc) is 2.46. The molecule has 4 heteroatoms. The highest BCUT2D eigenvalue weighted by Crippen LogP contribution is 2.39. The molecule has 0 bridgehead atoms. The highest BCUT2D eigenvalue weighted by Gasteiger charge is 2.27. The van der Waals surface area contributed by atoms with Gasteiger partial charge in [-0.3, -0.25) is 0 Å². The van der Waals surface area contributed by atoms with Crippen molar-refractivity contribution in [2.24, 2.45) is 0 Å². The Labute approximate surface area is 124 Å². The minimum absolute atomic E-state index is 0.129. The molecule has 0 amide bonds. The largest absolute Gasteiger partial charge is 0.391 e. The van der Waals surface area contributed by atoms with Gasteiger partial charge in [-0.1, -0.05) is 36.4 Å². The lowest BCUT2D eigenvalue weighted by Crippen LogP contribution is -2.27. The summed E-state index contributed by atoms with van der Waals surface area (Å²) in [6.07, 6.45) is 6.16. The number of hydrogen-bond acceptors (Lipinski definition) is 4. The third-order valence-corrected chi connectivity index (χ3v) is 5.99. The summed E-state index contributed by atoms with van der Waals surface area (Å²) in [4.78, 5) is 0. The molecule has 0 aliphatic heterocycles. The fraction of sp³-hybridized carbons (Fsp3) is 0.467. The van der Waals surface area contributed by atoms with Crippen molar-refractivity contribution in [1.82, 2.24) is 0 Å². The molecule has 1 rings (SSSR count). The van der Waals surface area contributed by atoms with Crippen LogP contribution >= 0.6 is 23.5 Å². The van der Waals surface area contributed by atoms with E-state index in [1.807, 2.05) is 48.9 Å². The maximum absolute atomic E-state index is 10.1. The molecule has 0 unspecified atom stereocenters. The number of aliphatic hydroxyl groups is 1. The van der Waals surface area contributed by atoms with Crippen LogP contribution in [0.3, 0.4) is 0 Å². The maximum atomic E-state index is 10.1. The Bertz CT molecular complexity index is 364. The van der Waals surface area contributed by atoms with E-state index in [0.29, 0.717) is 19.6 Å². The molecule has 1 aromatic carbocycles. The molecule has 0 saturated heterocycles. The van der Waals surface area contributed by atoms with Crippen molar-refractivity contribution in [1.29, 1.82) is 0 Å². The predicted octanol–water partition coefficient (Wildman–Crippen LogP) is 3.56. The topological polar surface area (TPSA) is 29.5 Å². The van der Waals surface area contributed by atoms with Gasteiger partial charge in [0.2, 0.25) is 0 Å². The average molecular weight is 298 g/mol. The maximum Gasteiger partial charge on any atom is 0.0808 e. The van der Waals surface area contributed by atoms with Gasteiger partial charge in [-0.25, -0.2) is 0 Å². The van der Waals surface area contributed by atoms with Gasteiger partial charge in [0.25, 0.3) is 0 Å². The Balaban J connectivity index is 2.35. The van der Waals surface area contributed by atoms with Gasteiger partial charge >= 0.3 is 0 Å². The Morgan fingerprint density at radius 3 is 2.47 bits per heavy atom. The lowest BCUT2D eigenvalue weighted by molar-refractivity contribution is 0.0247. The first-order valence-corrected chi connectivity index (χ1v) is 8.64. The first-order chi connectivity index (χ1) is 9.15. The molecule has 0 heterocycles. The number of aliphatic hydroxyl groups excluding tert-OH is 1. The fourth-order valence-electron chi connectivity index (χ4n) is 1.77. The van der Waals surface area contributed by atoms with Crippen molar-refractivity contribution >= 4 is 23.5 Å². The van der Waals surface area contributed by atoms with Gasteiger partial charge in [0.05, 0.1) is 23.4 Å².